The van der Waals surface area contributed by atoms with Crippen LogP contribution >= 0.6 is 0 Å². The van der Waals surface area contributed by atoms with Gasteiger partial charge in [-0.3, -0.25) is 9.78 Å². The molecule has 0 bridgehead atoms. The molecule has 9 heteroatoms. The van der Waals surface area contributed by atoms with Gasteiger partial charge < -0.3 is 19.5 Å². The van der Waals surface area contributed by atoms with Crippen LogP contribution in [-0.2, 0) is 35.5 Å². The number of amides is 3. The molecule has 0 fully saturated rings. The summed E-state index contributed by atoms with van der Waals surface area (Å²) in [6, 6.07) is 17.6. The molecule has 1 aliphatic rings. The lowest BCUT2D eigenvalue weighted by Crippen LogP contribution is -2.43. The van der Waals surface area contributed by atoms with Gasteiger partial charge in [0, 0.05) is 25.5 Å². The maximum atomic E-state index is 13.4. The van der Waals surface area contributed by atoms with E-state index in [1.54, 1.807) is 64.8 Å². The highest BCUT2D eigenvalue weighted by Gasteiger charge is 2.31. The van der Waals surface area contributed by atoms with Crippen molar-refractivity contribution in [1.29, 1.82) is 0 Å². The second kappa shape index (κ2) is 14.7. The molecule has 9 nitrogen and oxygen atoms in total. The van der Waals surface area contributed by atoms with Crippen molar-refractivity contribution in [2.75, 3.05) is 13.1 Å². The molecule has 4 rings (SSSR count). The molecule has 0 unspecified atom stereocenters. The molecule has 2 heterocycles. The largest absolute Gasteiger partial charge is 0.443 e. The Morgan fingerprint density at radius 1 is 0.848 bits per heavy atom. The molecule has 1 aliphatic heterocycles. The van der Waals surface area contributed by atoms with Crippen LogP contribution in [0, 0.1) is 0 Å². The van der Waals surface area contributed by atoms with Crippen molar-refractivity contribution in [2.24, 2.45) is 0 Å². The van der Waals surface area contributed by atoms with Gasteiger partial charge in [0.15, 0.2) is 0 Å². The molecule has 0 saturated carbocycles. The van der Waals surface area contributed by atoms with E-state index in [9.17, 15) is 19.5 Å². The second-order valence-corrected chi connectivity index (χ2v) is 13.5. The van der Waals surface area contributed by atoms with Crippen molar-refractivity contribution in [2.45, 2.75) is 85.2 Å². The lowest BCUT2D eigenvalue weighted by molar-refractivity contribution is -0.000279. The van der Waals surface area contributed by atoms with E-state index in [4.69, 9.17) is 9.47 Å². The fourth-order valence-electron chi connectivity index (χ4n) is 5.13. The van der Waals surface area contributed by atoms with Crippen molar-refractivity contribution >= 4 is 23.7 Å². The van der Waals surface area contributed by atoms with Crippen molar-refractivity contribution in [3.63, 3.8) is 0 Å². The highest BCUT2D eigenvalue weighted by molar-refractivity contribution is 5.94. The summed E-state index contributed by atoms with van der Waals surface area (Å²) >= 11 is 0. The third-order valence-corrected chi connectivity index (χ3v) is 7.34. The topological polar surface area (TPSA) is 109 Å². The molecule has 2 aromatic carbocycles. The van der Waals surface area contributed by atoms with Gasteiger partial charge in [-0.05, 0) is 106 Å². The number of rotatable bonds is 8. The summed E-state index contributed by atoms with van der Waals surface area (Å²) in [5.74, 6) is -0.0779. The van der Waals surface area contributed by atoms with Gasteiger partial charge in [0.25, 0.3) is 5.91 Å². The predicted molar refractivity (Wildman–Crippen MR) is 177 cm³/mol. The summed E-state index contributed by atoms with van der Waals surface area (Å²) in [5, 5.41) is 10.1. The van der Waals surface area contributed by atoms with E-state index in [1.807, 2.05) is 42.6 Å². The maximum absolute atomic E-state index is 13.4. The number of aromatic nitrogens is 1. The normalized spacial score (nSPS) is 13.5. The van der Waals surface area contributed by atoms with Gasteiger partial charge in [0.1, 0.15) is 11.2 Å². The van der Waals surface area contributed by atoms with Crippen molar-refractivity contribution in [3.05, 3.63) is 106 Å². The fraction of sp³-hybridized carbons (Fsp3) is 0.405. The SMILES string of the molecule is CC(C)(C)OC(=O)N(Cc1ccc(CO)c(C2=CCN(C(=O)c3cncc(CCc4ccccc4)c3)CC2)c1)C(=O)OC(C)(C)C. The first-order chi connectivity index (χ1) is 21.7. The minimum absolute atomic E-state index is 0.0754. The molecular formula is C37H45N3O6. The lowest BCUT2D eigenvalue weighted by Gasteiger charge is -2.29. The summed E-state index contributed by atoms with van der Waals surface area (Å²) < 4.78 is 11.0. The van der Waals surface area contributed by atoms with Crippen LogP contribution in [0.4, 0.5) is 9.59 Å². The Morgan fingerprint density at radius 3 is 2.09 bits per heavy atom. The zero-order valence-electron chi connectivity index (χ0n) is 27.7. The number of hydrogen-bond acceptors (Lipinski definition) is 7. The van der Waals surface area contributed by atoms with Gasteiger partial charge in [0.2, 0.25) is 0 Å². The molecule has 0 atom stereocenters. The summed E-state index contributed by atoms with van der Waals surface area (Å²) in [5.41, 5.74) is 4.37. The van der Waals surface area contributed by atoms with Crippen LogP contribution in [0.15, 0.2) is 73.1 Å². The minimum Gasteiger partial charge on any atom is -0.443 e. The third kappa shape index (κ3) is 9.75. The molecule has 1 aromatic heterocycles. The Hall–Kier alpha value is -4.50. The maximum Gasteiger partial charge on any atom is 0.420 e. The number of carbonyl (C=O) groups is 3. The van der Waals surface area contributed by atoms with Crippen LogP contribution in [0.3, 0.4) is 0 Å². The van der Waals surface area contributed by atoms with Crippen LogP contribution in [-0.4, -0.2) is 62.3 Å². The lowest BCUT2D eigenvalue weighted by atomic mass is 9.93. The van der Waals surface area contributed by atoms with E-state index in [-0.39, 0.29) is 19.1 Å². The number of imide groups is 1. The number of carbonyl (C=O) groups excluding carboxylic acids is 3. The first-order valence-electron chi connectivity index (χ1n) is 15.6. The van der Waals surface area contributed by atoms with E-state index in [0.717, 1.165) is 34.4 Å². The van der Waals surface area contributed by atoms with Gasteiger partial charge in [-0.2, -0.15) is 0 Å². The van der Waals surface area contributed by atoms with E-state index >= 15 is 0 Å². The van der Waals surface area contributed by atoms with Crippen LogP contribution in [0.5, 0.6) is 0 Å². The Bertz CT molecular complexity index is 1540. The first-order valence-corrected chi connectivity index (χ1v) is 15.6. The fourth-order valence-corrected chi connectivity index (χ4v) is 5.13. The number of aryl methyl sites for hydroxylation is 2. The summed E-state index contributed by atoms with van der Waals surface area (Å²) in [6.07, 6.45) is 6.04. The predicted octanol–water partition coefficient (Wildman–Crippen LogP) is 6.96. The number of nitrogens with zero attached hydrogens (tertiary/aromatic N) is 3. The third-order valence-electron chi connectivity index (χ3n) is 7.34. The van der Waals surface area contributed by atoms with E-state index < -0.39 is 23.4 Å². The molecule has 3 amide bonds. The molecule has 0 saturated heterocycles. The summed E-state index contributed by atoms with van der Waals surface area (Å²) in [4.78, 5) is 46.6. The smallest absolute Gasteiger partial charge is 0.420 e. The number of ether oxygens (including phenoxy) is 2. The molecule has 3 aromatic rings. The molecular weight excluding hydrogens is 582 g/mol. The zero-order valence-corrected chi connectivity index (χ0v) is 27.7. The van der Waals surface area contributed by atoms with E-state index in [2.05, 4.69) is 17.1 Å². The Morgan fingerprint density at radius 2 is 1.50 bits per heavy atom. The molecule has 0 spiro atoms. The van der Waals surface area contributed by atoms with Crippen molar-refractivity contribution in [1.82, 2.24) is 14.8 Å². The van der Waals surface area contributed by atoms with E-state index in [0.29, 0.717) is 36.2 Å². The van der Waals surface area contributed by atoms with Gasteiger partial charge in [-0.25, -0.2) is 14.5 Å². The molecule has 46 heavy (non-hydrogen) atoms. The number of aliphatic hydroxyl groups excluding tert-OH is 1. The average molecular weight is 628 g/mol. The number of hydrogen-bond donors (Lipinski definition) is 1. The van der Waals surface area contributed by atoms with Crippen molar-refractivity contribution in [3.8, 4) is 0 Å². The zero-order chi connectivity index (χ0) is 33.5. The average Bonchev–Trinajstić information content (AvgIpc) is 3.01. The monoisotopic (exact) mass is 627 g/mol. The minimum atomic E-state index is -0.807. The first kappa shape index (κ1) is 34.4. The van der Waals surface area contributed by atoms with Gasteiger partial charge in [0.05, 0.1) is 18.7 Å². The Labute approximate surface area is 271 Å². The molecule has 1 N–H and O–H groups in total. The Kier molecular flexibility index (Phi) is 11.0. The molecule has 0 radical (unpaired) electrons. The van der Waals surface area contributed by atoms with Crippen LogP contribution in [0.25, 0.3) is 5.57 Å². The van der Waals surface area contributed by atoms with Gasteiger partial charge >= 0.3 is 12.2 Å². The number of benzene rings is 2. The van der Waals surface area contributed by atoms with Crippen molar-refractivity contribution < 1.29 is 29.0 Å². The van der Waals surface area contributed by atoms with Gasteiger partial charge in [-0.15, -0.1) is 0 Å². The van der Waals surface area contributed by atoms with Gasteiger partial charge in [-0.1, -0.05) is 48.5 Å². The summed E-state index contributed by atoms with van der Waals surface area (Å²) in [7, 11) is 0. The number of pyridine rings is 1. The Balaban J connectivity index is 1.49. The summed E-state index contributed by atoms with van der Waals surface area (Å²) in [6.45, 7) is 11.0. The van der Waals surface area contributed by atoms with Crippen LogP contribution in [0.1, 0.15) is 86.1 Å². The van der Waals surface area contributed by atoms with Crippen LogP contribution < -0.4 is 0 Å². The number of aliphatic hydroxyl groups is 1. The molecule has 0 aliphatic carbocycles. The molecule has 244 valence electrons. The van der Waals surface area contributed by atoms with Crippen LogP contribution in [0.2, 0.25) is 0 Å². The highest BCUT2D eigenvalue weighted by atomic mass is 16.6. The quantitative estimate of drug-likeness (QED) is 0.288. The standard InChI is InChI=1S/C37H45N3O6/c1-36(2,3)45-34(43)40(35(44)46-37(4,5)6)24-28-14-15-30(25-41)32(21-28)29-16-18-39(19-17-29)33(42)31-20-27(22-38-23-31)13-12-26-10-8-7-9-11-26/h7-11,14-16,20-23,41H,12-13,17-19,24-25H2,1-6H3. The highest BCUT2D eigenvalue weighted by Crippen LogP contribution is 2.29. The van der Waals surface area contributed by atoms with E-state index in [1.165, 1.54) is 5.56 Å². The second-order valence-electron chi connectivity index (χ2n) is 13.5.